The molecule has 6 nitrogen and oxygen atoms in total. The molecule has 1 rings (SSSR count). The lowest BCUT2D eigenvalue weighted by Crippen LogP contribution is -2.37. The number of rotatable bonds is 5. The van der Waals surface area contributed by atoms with Gasteiger partial charge in [-0.2, -0.15) is 0 Å². The third-order valence-electron chi connectivity index (χ3n) is 2.11. The highest BCUT2D eigenvalue weighted by Crippen LogP contribution is 2.17. The summed E-state index contributed by atoms with van der Waals surface area (Å²) in [4.78, 5) is 23.2. The van der Waals surface area contributed by atoms with Gasteiger partial charge in [0.15, 0.2) is 0 Å². The molecule has 0 aliphatic heterocycles. The molecule has 0 heterocycles. The molecule has 0 saturated carbocycles. The SMILES string of the molecule is CCOC(=O)NCCNC(=O)Nc1ccccc1S. The van der Waals surface area contributed by atoms with Gasteiger partial charge in [0.05, 0.1) is 12.3 Å². The van der Waals surface area contributed by atoms with Crippen LogP contribution in [0.5, 0.6) is 0 Å². The first-order valence-corrected chi connectivity index (χ1v) is 6.31. The Morgan fingerprint density at radius 2 is 1.89 bits per heavy atom. The Kier molecular flexibility index (Phi) is 6.59. The summed E-state index contributed by atoms with van der Waals surface area (Å²) in [5, 5.41) is 7.75. The van der Waals surface area contributed by atoms with E-state index in [-0.39, 0.29) is 6.03 Å². The molecule has 0 spiro atoms. The summed E-state index contributed by atoms with van der Waals surface area (Å²) in [7, 11) is 0. The van der Waals surface area contributed by atoms with Crippen LogP contribution in [0.1, 0.15) is 6.92 Å². The van der Waals surface area contributed by atoms with Gasteiger partial charge < -0.3 is 20.7 Å². The molecular weight excluding hydrogens is 266 g/mol. The van der Waals surface area contributed by atoms with Crippen LogP contribution in [0.3, 0.4) is 0 Å². The first-order valence-electron chi connectivity index (χ1n) is 5.87. The zero-order chi connectivity index (χ0) is 14.1. The van der Waals surface area contributed by atoms with E-state index in [2.05, 4.69) is 33.3 Å². The number of carbonyl (C=O) groups is 2. The highest BCUT2D eigenvalue weighted by Gasteiger charge is 2.04. The lowest BCUT2D eigenvalue weighted by Gasteiger charge is -2.09. The van der Waals surface area contributed by atoms with E-state index in [9.17, 15) is 9.59 Å². The molecule has 7 heteroatoms. The van der Waals surface area contributed by atoms with Crippen LogP contribution in [-0.2, 0) is 4.74 Å². The Balaban J connectivity index is 2.22. The standard InChI is InChI=1S/C12H17N3O3S/c1-2-18-12(17)14-8-7-13-11(16)15-9-5-3-4-6-10(9)19/h3-6,19H,2,7-8H2,1H3,(H,14,17)(H2,13,15,16). The van der Waals surface area contributed by atoms with Gasteiger partial charge in [0.1, 0.15) is 0 Å². The highest BCUT2D eigenvalue weighted by molar-refractivity contribution is 7.80. The molecule has 0 aromatic heterocycles. The molecule has 19 heavy (non-hydrogen) atoms. The summed E-state index contributed by atoms with van der Waals surface area (Å²) in [6, 6.07) is 6.80. The number of amides is 3. The van der Waals surface area contributed by atoms with Crippen LogP contribution in [0.4, 0.5) is 15.3 Å². The summed E-state index contributed by atoms with van der Waals surface area (Å²) in [6.45, 7) is 2.65. The van der Waals surface area contributed by atoms with E-state index in [4.69, 9.17) is 0 Å². The summed E-state index contributed by atoms with van der Waals surface area (Å²) in [5.41, 5.74) is 0.627. The van der Waals surface area contributed by atoms with Crippen molar-refractivity contribution in [3.63, 3.8) is 0 Å². The minimum absolute atomic E-state index is 0.300. The monoisotopic (exact) mass is 283 g/mol. The molecular formula is C12H17N3O3S. The lowest BCUT2D eigenvalue weighted by molar-refractivity contribution is 0.152. The van der Waals surface area contributed by atoms with Crippen molar-refractivity contribution in [3.8, 4) is 0 Å². The van der Waals surface area contributed by atoms with Crippen molar-refractivity contribution in [2.24, 2.45) is 0 Å². The van der Waals surface area contributed by atoms with Gasteiger partial charge in [0, 0.05) is 18.0 Å². The Morgan fingerprint density at radius 3 is 2.58 bits per heavy atom. The van der Waals surface area contributed by atoms with Crippen molar-refractivity contribution in [1.29, 1.82) is 0 Å². The Hall–Kier alpha value is -1.89. The fraction of sp³-hybridized carbons (Fsp3) is 0.333. The van der Waals surface area contributed by atoms with Crippen LogP contribution < -0.4 is 16.0 Å². The summed E-state index contributed by atoms with van der Waals surface area (Å²) < 4.78 is 4.67. The quantitative estimate of drug-likeness (QED) is 0.492. The molecule has 0 radical (unpaired) electrons. The summed E-state index contributed by atoms with van der Waals surface area (Å²) >= 11 is 4.22. The topological polar surface area (TPSA) is 79.5 Å². The maximum Gasteiger partial charge on any atom is 0.407 e. The number of anilines is 1. The number of hydrogen-bond acceptors (Lipinski definition) is 4. The summed E-state index contributed by atoms with van der Waals surface area (Å²) in [5.74, 6) is 0. The van der Waals surface area contributed by atoms with E-state index in [1.54, 1.807) is 25.1 Å². The van der Waals surface area contributed by atoms with Gasteiger partial charge in [0.25, 0.3) is 0 Å². The third kappa shape index (κ3) is 6.01. The van der Waals surface area contributed by atoms with Crippen molar-refractivity contribution in [3.05, 3.63) is 24.3 Å². The molecule has 0 aliphatic rings. The van der Waals surface area contributed by atoms with Crippen molar-refractivity contribution >= 4 is 30.4 Å². The average molecular weight is 283 g/mol. The molecule has 1 aromatic rings. The number of thiol groups is 1. The van der Waals surface area contributed by atoms with E-state index in [0.29, 0.717) is 30.3 Å². The molecule has 3 N–H and O–H groups in total. The maximum atomic E-state index is 11.5. The first-order chi connectivity index (χ1) is 9.13. The predicted molar refractivity (Wildman–Crippen MR) is 75.7 cm³/mol. The first kappa shape index (κ1) is 15.2. The van der Waals surface area contributed by atoms with Gasteiger partial charge in [-0.25, -0.2) is 9.59 Å². The van der Waals surface area contributed by atoms with Gasteiger partial charge in [-0.15, -0.1) is 12.6 Å². The van der Waals surface area contributed by atoms with E-state index < -0.39 is 6.09 Å². The van der Waals surface area contributed by atoms with Crippen LogP contribution in [0.2, 0.25) is 0 Å². The zero-order valence-corrected chi connectivity index (χ0v) is 11.5. The van der Waals surface area contributed by atoms with Gasteiger partial charge in [-0.05, 0) is 19.1 Å². The van der Waals surface area contributed by atoms with Crippen molar-refractivity contribution in [2.45, 2.75) is 11.8 Å². The van der Waals surface area contributed by atoms with Crippen LogP contribution in [0.25, 0.3) is 0 Å². The van der Waals surface area contributed by atoms with Crippen LogP contribution >= 0.6 is 12.6 Å². The maximum absolute atomic E-state index is 11.5. The van der Waals surface area contributed by atoms with Gasteiger partial charge >= 0.3 is 12.1 Å². The zero-order valence-electron chi connectivity index (χ0n) is 10.6. The van der Waals surface area contributed by atoms with Crippen LogP contribution in [-0.4, -0.2) is 31.8 Å². The molecule has 104 valence electrons. The van der Waals surface area contributed by atoms with Gasteiger partial charge in [0.2, 0.25) is 0 Å². The number of urea groups is 1. The normalized spacial score (nSPS) is 9.58. The number of para-hydroxylation sites is 1. The van der Waals surface area contributed by atoms with E-state index >= 15 is 0 Å². The Morgan fingerprint density at radius 1 is 1.21 bits per heavy atom. The molecule has 0 atom stereocenters. The molecule has 3 amide bonds. The molecule has 0 fully saturated rings. The van der Waals surface area contributed by atoms with Gasteiger partial charge in [-0.3, -0.25) is 0 Å². The second-order valence-corrected chi connectivity index (χ2v) is 4.03. The fourth-order valence-corrected chi connectivity index (χ4v) is 1.49. The molecule has 1 aromatic carbocycles. The van der Waals surface area contributed by atoms with Crippen molar-refractivity contribution < 1.29 is 14.3 Å². The minimum Gasteiger partial charge on any atom is -0.450 e. The molecule has 0 unspecified atom stereocenters. The molecule has 0 saturated heterocycles. The molecule has 0 aliphatic carbocycles. The Bertz CT molecular complexity index is 440. The number of carbonyl (C=O) groups excluding carboxylic acids is 2. The lowest BCUT2D eigenvalue weighted by atomic mass is 10.3. The number of ether oxygens (including phenoxy) is 1. The smallest absolute Gasteiger partial charge is 0.407 e. The predicted octanol–water partition coefficient (Wildman–Crippen LogP) is 1.84. The molecule has 0 bridgehead atoms. The third-order valence-corrected chi connectivity index (χ3v) is 2.50. The van der Waals surface area contributed by atoms with E-state index in [1.807, 2.05) is 6.07 Å². The number of hydrogen-bond donors (Lipinski definition) is 4. The van der Waals surface area contributed by atoms with Gasteiger partial charge in [-0.1, -0.05) is 12.1 Å². The van der Waals surface area contributed by atoms with Crippen LogP contribution in [0, 0.1) is 0 Å². The van der Waals surface area contributed by atoms with E-state index in [1.165, 1.54) is 0 Å². The highest BCUT2D eigenvalue weighted by atomic mass is 32.1. The number of nitrogens with one attached hydrogen (secondary N) is 3. The van der Waals surface area contributed by atoms with Crippen molar-refractivity contribution in [2.75, 3.05) is 25.0 Å². The summed E-state index contributed by atoms with van der Waals surface area (Å²) in [6.07, 6.45) is -0.495. The minimum atomic E-state index is -0.495. The fourth-order valence-electron chi connectivity index (χ4n) is 1.27. The number of benzene rings is 1. The van der Waals surface area contributed by atoms with Crippen molar-refractivity contribution in [1.82, 2.24) is 10.6 Å². The second kappa shape index (κ2) is 8.25. The largest absolute Gasteiger partial charge is 0.450 e. The average Bonchev–Trinajstić information content (AvgIpc) is 2.38. The van der Waals surface area contributed by atoms with Crippen LogP contribution in [0.15, 0.2) is 29.2 Å². The Labute approximate surface area is 117 Å². The second-order valence-electron chi connectivity index (χ2n) is 3.55. The van der Waals surface area contributed by atoms with E-state index in [0.717, 1.165) is 0 Å². The number of alkyl carbamates (subject to hydrolysis) is 1.